The summed E-state index contributed by atoms with van der Waals surface area (Å²) in [7, 11) is -3.70. The van der Waals surface area contributed by atoms with Gasteiger partial charge in [-0.25, -0.2) is 13.2 Å². The van der Waals surface area contributed by atoms with E-state index < -0.39 is 34.2 Å². The maximum atomic E-state index is 15.2. The largest absolute Gasteiger partial charge is 0.458 e. The van der Waals surface area contributed by atoms with Crippen LogP contribution in [0.1, 0.15) is 53.4 Å². The highest BCUT2D eigenvalue weighted by atomic mass is 32.2. The van der Waals surface area contributed by atoms with Crippen molar-refractivity contribution in [1.82, 2.24) is 0 Å². The highest BCUT2D eigenvalue weighted by molar-refractivity contribution is 7.97. The second kappa shape index (κ2) is 13.3. The average molecular weight is 681 g/mol. The maximum Gasteiger partial charge on any atom is 0.343 e. The van der Waals surface area contributed by atoms with Crippen molar-refractivity contribution < 1.29 is 22.7 Å². The van der Waals surface area contributed by atoms with Gasteiger partial charge in [0.1, 0.15) is 11.4 Å². The van der Waals surface area contributed by atoms with Crippen LogP contribution < -0.4 is 15.9 Å². The summed E-state index contributed by atoms with van der Waals surface area (Å²) in [4.78, 5) is 30.1. The van der Waals surface area contributed by atoms with E-state index in [9.17, 15) is 13.2 Å². The molecule has 0 saturated heterocycles. The van der Waals surface area contributed by atoms with Crippen molar-refractivity contribution in [2.45, 2.75) is 64.4 Å². The SMILES string of the molecule is CC(C)CC(=O)C(C(=O)O[C@@H]1C[C@H]2CC[C@]1(CS(=O)(=O)c1ccccc1)C2(C)C)=P(c1ccccc1)(c1ccccc1)c1ccccc1. The summed E-state index contributed by atoms with van der Waals surface area (Å²) < 4.78 is 34.6. The van der Waals surface area contributed by atoms with Gasteiger partial charge in [-0.3, -0.25) is 4.79 Å². The van der Waals surface area contributed by atoms with Crippen LogP contribution in [0, 0.1) is 22.7 Å². The molecule has 4 aromatic carbocycles. The normalized spacial score (nSPS) is 21.6. The molecule has 0 heterocycles. The molecule has 48 heavy (non-hydrogen) atoms. The van der Waals surface area contributed by atoms with Crippen molar-refractivity contribution in [1.29, 1.82) is 0 Å². The number of ether oxygens (including phenoxy) is 1. The lowest BCUT2D eigenvalue weighted by atomic mass is 9.69. The van der Waals surface area contributed by atoms with Crippen LogP contribution >= 0.6 is 6.89 Å². The van der Waals surface area contributed by atoms with E-state index in [1.165, 1.54) is 0 Å². The molecule has 2 saturated carbocycles. The van der Waals surface area contributed by atoms with Gasteiger partial charge in [0.15, 0.2) is 15.6 Å². The Kier molecular flexibility index (Phi) is 9.45. The first kappa shape index (κ1) is 34.1. The van der Waals surface area contributed by atoms with Crippen LogP contribution in [0.15, 0.2) is 126 Å². The predicted octanol–water partition coefficient (Wildman–Crippen LogP) is 6.98. The first-order chi connectivity index (χ1) is 22.9. The molecule has 0 unspecified atom stereocenters. The van der Waals surface area contributed by atoms with Gasteiger partial charge < -0.3 is 4.74 Å². The lowest BCUT2D eigenvalue weighted by Crippen LogP contribution is -2.48. The number of esters is 1. The van der Waals surface area contributed by atoms with E-state index in [0.717, 1.165) is 22.3 Å². The molecule has 2 aliphatic carbocycles. The summed E-state index contributed by atoms with van der Waals surface area (Å²) in [6, 6.07) is 38.2. The monoisotopic (exact) mass is 680 g/mol. The van der Waals surface area contributed by atoms with E-state index in [-0.39, 0.29) is 45.4 Å². The lowest BCUT2D eigenvalue weighted by molar-refractivity contribution is -0.148. The first-order valence-corrected chi connectivity index (χ1v) is 20.3. The third-order valence-electron chi connectivity index (χ3n) is 11.0. The second-order valence-electron chi connectivity index (χ2n) is 14.4. The summed E-state index contributed by atoms with van der Waals surface area (Å²) in [6.45, 7) is 5.15. The molecule has 0 aliphatic heterocycles. The fraction of sp³-hybridized carbons (Fsp3) is 0.341. The minimum Gasteiger partial charge on any atom is -0.458 e. The number of hydrogen-bond acceptors (Lipinski definition) is 5. The summed E-state index contributed by atoms with van der Waals surface area (Å²) in [5.74, 6) is -0.762. The molecule has 0 aromatic heterocycles. The fourth-order valence-electron chi connectivity index (χ4n) is 8.44. The maximum absolute atomic E-state index is 15.2. The molecule has 6 rings (SSSR count). The Morgan fingerprint density at radius 3 is 1.67 bits per heavy atom. The van der Waals surface area contributed by atoms with E-state index >= 15 is 4.79 Å². The molecule has 5 nitrogen and oxygen atoms in total. The van der Waals surface area contributed by atoms with Gasteiger partial charge in [0.25, 0.3) is 0 Å². The van der Waals surface area contributed by atoms with Gasteiger partial charge in [-0.05, 0) is 71.4 Å². The third-order valence-corrected chi connectivity index (χ3v) is 17.2. The van der Waals surface area contributed by atoms with Crippen molar-refractivity contribution in [3.05, 3.63) is 121 Å². The molecule has 250 valence electrons. The highest BCUT2D eigenvalue weighted by Gasteiger charge is 2.67. The molecule has 0 spiro atoms. The zero-order chi connectivity index (χ0) is 34.2. The van der Waals surface area contributed by atoms with E-state index in [1.54, 1.807) is 30.3 Å². The second-order valence-corrected chi connectivity index (χ2v) is 19.7. The van der Waals surface area contributed by atoms with Gasteiger partial charge in [0, 0.05) is 11.8 Å². The quantitative estimate of drug-likeness (QED) is 0.0971. The highest BCUT2D eigenvalue weighted by Crippen LogP contribution is 2.67. The van der Waals surface area contributed by atoms with Gasteiger partial charge in [-0.15, -0.1) is 0 Å². The van der Waals surface area contributed by atoms with Crippen LogP contribution in [-0.2, 0) is 24.2 Å². The van der Waals surface area contributed by atoms with Crippen LogP contribution in [0.4, 0.5) is 0 Å². The standard InChI is InChI=1S/C41H45O5PS/c1-30(2)27-36(42)38(47(32-17-9-5-10-18-32,33-19-11-6-12-20-33)34-21-13-7-14-22-34)39(43)46-37-28-31-25-26-41(37,40(31,3)4)29-48(44,45)35-23-15-8-16-24-35/h5-24,30-31,37H,25-29H2,1-4H3/t31-,37-,41-/m1/s1. The number of Topliss-reactive ketones (excluding diaryl/α,β-unsaturated/α-hetero) is 1. The zero-order valence-electron chi connectivity index (χ0n) is 28.2. The van der Waals surface area contributed by atoms with Gasteiger partial charge in [-0.2, -0.15) is 0 Å². The first-order valence-electron chi connectivity index (χ1n) is 16.9. The summed E-state index contributed by atoms with van der Waals surface area (Å²) >= 11 is 0. The van der Waals surface area contributed by atoms with Gasteiger partial charge in [0.2, 0.25) is 0 Å². The van der Waals surface area contributed by atoms with E-state index in [0.29, 0.717) is 12.8 Å². The van der Waals surface area contributed by atoms with E-state index in [1.807, 2.05) is 105 Å². The molecule has 7 heteroatoms. The molecule has 0 radical (unpaired) electrons. The Morgan fingerprint density at radius 2 is 1.23 bits per heavy atom. The third kappa shape index (κ3) is 5.81. The van der Waals surface area contributed by atoms with Gasteiger partial charge in [-0.1, -0.05) is 137 Å². The molecule has 4 aromatic rings. The minimum absolute atomic E-state index is 0.00769. The van der Waals surface area contributed by atoms with Crippen molar-refractivity contribution >= 4 is 49.7 Å². The number of ketones is 1. The molecule has 2 aliphatic rings. The van der Waals surface area contributed by atoms with Crippen LogP contribution in [-0.4, -0.2) is 37.3 Å². The molecule has 2 bridgehead atoms. The van der Waals surface area contributed by atoms with Crippen LogP contribution in [0.25, 0.3) is 0 Å². The number of sulfone groups is 1. The van der Waals surface area contributed by atoms with Gasteiger partial charge >= 0.3 is 5.97 Å². The van der Waals surface area contributed by atoms with Crippen LogP contribution in [0.3, 0.4) is 0 Å². The molecule has 2 fully saturated rings. The summed E-state index contributed by atoms with van der Waals surface area (Å²) in [5.41, 5.74) is -1.17. The average Bonchev–Trinajstić information content (AvgIpc) is 3.43. The number of carbonyl (C=O) groups excluding carboxylic acids is 2. The number of benzene rings is 4. The van der Waals surface area contributed by atoms with Crippen molar-refractivity contribution in [2.75, 3.05) is 5.75 Å². The Hall–Kier alpha value is -3.73. The summed E-state index contributed by atoms with van der Waals surface area (Å²) in [5, 5.41) is 2.84. The lowest BCUT2D eigenvalue weighted by Gasteiger charge is -2.42. The molecular weight excluding hydrogens is 635 g/mol. The number of fused-ring (bicyclic) bond motifs is 2. The number of carbonyl (C=O) groups is 2. The van der Waals surface area contributed by atoms with Gasteiger partial charge in [0.05, 0.1) is 10.6 Å². The fourth-order valence-corrected chi connectivity index (χ4v) is 14.9. The number of rotatable bonds is 11. The van der Waals surface area contributed by atoms with Crippen LogP contribution in [0.2, 0.25) is 0 Å². The van der Waals surface area contributed by atoms with Crippen LogP contribution in [0.5, 0.6) is 0 Å². The van der Waals surface area contributed by atoms with Crippen molar-refractivity contribution in [2.24, 2.45) is 22.7 Å². The molecule has 0 amide bonds. The van der Waals surface area contributed by atoms with Crippen molar-refractivity contribution in [3.63, 3.8) is 0 Å². The Balaban J connectivity index is 1.58. The molecule has 3 atom stereocenters. The summed E-state index contributed by atoms with van der Waals surface area (Å²) in [6.07, 6.45) is 1.62. The smallest absolute Gasteiger partial charge is 0.343 e. The van der Waals surface area contributed by atoms with E-state index in [2.05, 4.69) is 13.8 Å². The molecular formula is C41H45O5PS. The predicted molar refractivity (Wildman–Crippen MR) is 197 cm³/mol. The topological polar surface area (TPSA) is 77.5 Å². The Labute approximate surface area is 285 Å². The minimum atomic E-state index is -3.70. The molecule has 0 N–H and O–H groups in total. The van der Waals surface area contributed by atoms with Crippen molar-refractivity contribution in [3.8, 4) is 0 Å². The van der Waals surface area contributed by atoms with E-state index in [4.69, 9.17) is 4.74 Å². The zero-order valence-corrected chi connectivity index (χ0v) is 29.9. The Bertz CT molecular complexity index is 1830. The Morgan fingerprint density at radius 1 is 0.771 bits per heavy atom. The number of hydrogen-bond donors (Lipinski definition) is 0.